The lowest BCUT2D eigenvalue weighted by atomic mass is 9.60. The van der Waals surface area contributed by atoms with Gasteiger partial charge in [-0.15, -0.1) is 0 Å². The average molecular weight is 318 g/mol. The number of ether oxygens (including phenoxy) is 1. The van der Waals surface area contributed by atoms with E-state index >= 15 is 0 Å². The van der Waals surface area contributed by atoms with Crippen LogP contribution in [0.15, 0.2) is 0 Å². The molecule has 0 spiro atoms. The molecule has 0 aliphatic heterocycles. The van der Waals surface area contributed by atoms with Crippen molar-refractivity contribution in [2.45, 2.75) is 79.8 Å². The molecule has 0 aliphatic rings. The molecule has 0 atom stereocenters. The molecule has 0 aromatic carbocycles. The summed E-state index contributed by atoms with van der Waals surface area (Å²) in [5.74, 6) is 0. The van der Waals surface area contributed by atoms with Crippen molar-refractivity contribution in [1.82, 2.24) is 0 Å². The summed E-state index contributed by atoms with van der Waals surface area (Å²) in [5, 5.41) is 8.40. The minimum absolute atomic E-state index is 0.360. The zero-order valence-electron chi connectivity index (χ0n) is 14.8. The summed E-state index contributed by atoms with van der Waals surface area (Å²) < 4.78 is 5.61. The van der Waals surface area contributed by atoms with Crippen LogP contribution in [0, 0.1) is 10.8 Å². The van der Waals surface area contributed by atoms with Crippen molar-refractivity contribution in [2.24, 2.45) is 10.8 Å². The van der Waals surface area contributed by atoms with Crippen LogP contribution in [-0.4, -0.2) is 23.0 Å². The largest absolute Gasteiger partial charge is 0.550 e. The molecule has 0 fully saturated rings. The molecule has 0 aromatic heterocycles. The van der Waals surface area contributed by atoms with Crippen LogP contribution >= 0.6 is 0 Å². The van der Waals surface area contributed by atoms with Crippen LogP contribution in [-0.2, 0) is 14.5 Å². The minimum Gasteiger partial charge on any atom is -0.447 e. The van der Waals surface area contributed by atoms with E-state index in [9.17, 15) is 9.59 Å². The molecule has 0 radical (unpaired) electrons. The van der Waals surface area contributed by atoms with Crippen LogP contribution in [0.1, 0.15) is 74.1 Å². The molecule has 1 N–H and O–H groups in total. The number of unbranched alkanes of at least 4 members (excludes halogenated alkanes) is 2. The Morgan fingerprint density at radius 3 is 1.77 bits per heavy atom. The predicted octanol–water partition coefficient (Wildman–Crippen LogP) is 5.16. The summed E-state index contributed by atoms with van der Waals surface area (Å²) in [7, 11) is 0. The van der Waals surface area contributed by atoms with Crippen LogP contribution < -0.4 is 0 Å². The predicted molar refractivity (Wildman–Crippen MR) is 82.5 cm³/mol. The van der Waals surface area contributed by atoms with Crippen molar-refractivity contribution >= 4 is 12.3 Å². The topological polar surface area (TPSA) is 82.1 Å². The fourth-order valence-electron chi connectivity index (χ4n) is 3.09. The highest BCUT2D eigenvalue weighted by Gasteiger charge is 2.54. The Bertz CT molecular complexity index is 361. The zero-order valence-corrected chi connectivity index (χ0v) is 14.8. The summed E-state index contributed by atoms with van der Waals surface area (Å²) in [4.78, 5) is 30.2. The van der Waals surface area contributed by atoms with E-state index < -0.39 is 17.9 Å². The Labute approximate surface area is 133 Å². The van der Waals surface area contributed by atoms with Crippen molar-refractivity contribution in [3.05, 3.63) is 0 Å². The number of carbonyl (C=O) groups excluding carboxylic acids is 1. The maximum Gasteiger partial charge on any atom is 0.550 e. The third kappa shape index (κ3) is 5.39. The van der Waals surface area contributed by atoms with Crippen molar-refractivity contribution in [3.63, 3.8) is 0 Å². The molecule has 130 valence electrons. The van der Waals surface area contributed by atoms with E-state index in [1.165, 1.54) is 0 Å². The van der Waals surface area contributed by atoms with Gasteiger partial charge in [0, 0.05) is 10.8 Å². The van der Waals surface area contributed by atoms with Gasteiger partial charge in [-0.3, -0.25) is 0 Å². The van der Waals surface area contributed by atoms with Crippen LogP contribution in [0.25, 0.3) is 0 Å². The molecule has 0 aliphatic carbocycles. The van der Waals surface area contributed by atoms with Gasteiger partial charge in [-0.25, -0.2) is 9.68 Å². The summed E-state index contributed by atoms with van der Waals surface area (Å²) in [5.41, 5.74) is -1.53. The highest BCUT2D eigenvalue weighted by atomic mass is 17.3. The van der Waals surface area contributed by atoms with Crippen molar-refractivity contribution in [1.29, 1.82) is 0 Å². The third-order valence-electron chi connectivity index (χ3n) is 3.99. The van der Waals surface area contributed by atoms with Gasteiger partial charge in [-0.1, -0.05) is 61.3 Å². The number of hydrogen-bond donors (Lipinski definition) is 1. The molecule has 6 heteroatoms. The highest BCUT2D eigenvalue weighted by molar-refractivity contribution is 5.63. The van der Waals surface area contributed by atoms with E-state index in [1.807, 2.05) is 41.5 Å². The highest BCUT2D eigenvalue weighted by Crippen LogP contribution is 2.50. The SMILES string of the molecule is CCCCCC(OC(=O)OOC(=O)O)(C(C)(C)C)C(C)(C)C. The van der Waals surface area contributed by atoms with Gasteiger partial charge < -0.3 is 9.84 Å². The second-order valence-electron chi connectivity index (χ2n) is 7.57. The van der Waals surface area contributed by atoms with E-state index in [4.69, 9.17) is 9.84 Å². The summed E-state index contributed by atoms with van der Waals surface area (Å²) in [6.45, 7) is 14.1. The molecule has 0 bridgehead atoms. The Kier molecular flexibility index (Phi) is 7.19. The fourth-order valence-corrected chi connectivity index (χ4v) is 3.09. The standard InChI is InChI=1S/C16H30O6/c1-8-9-10-11-16(14(2,3)4,15(5,6)7)20-13(19)22-21-12(17)18/h8-11H2,1-7H3,(H,17,18). The Hall–Kier alpha value is -1.46. The molecule has 0 amide bonds. The molecule has 0 heterocycles. The van der Waals surface area contributed by atoms with Gasteiger partial charge in [-0.2, -0.15) is 9.68 Å². The van der Waals surface area contributed by atoms with Gasteiger partial charge in [0.05, 0.1) is 0 Å². The van der Waals surface area contributed by atoms with E-state index in [-0.39, 0.29) is 10.8 Å². The lowest BCUT2D eigenvalue weighted by molar-refractivity contribution is -0.245. The Morgan fingerprint density at radius 2 is 1.41 bits per heavy atom. The van der Waals surface area contributed by atoms with Crippen molar-refractivity contribution < 1.29 is 29.2 Å². The van der Waals surface area contributed by atoms with Crippen LogP contribution in [0.3, 0.4) is 0 Å². The Morgan fingerprint density at radius 1 is 0.909 bits per heavy atom. The maximum atomic E-state index is 11.9. The smallest absolute Gasteiger partial charge is 0.447 e. The fraction of sp³-hybridized carbons (Fsp3) is 0.875. The monoisotopic (exact) mass is 318 g/mol. The molecular weight excluding hydrogens is 288 g/mol. The first kappa shape index (κ1) is 20.5. The van der Waals surface area contributed by atoms with Crippen molar-refractivity contribution in [3.8, 4) is 0 Å². The summed E-state index contributed by atoms with van der Waals surface area (Å²) >= 11 is 0. The van der Waals surface area contributed by atoms with Gasteiger partial charge in [0.15, 0.2) is 0 Å². The molecule has 0 saturated heterocycles. The molecule has 22 heavy (non-hydrogen) atoms. The molecule has 0 aromatic rings. The van der Waals surface area contributed by atoms with Gasteiger partial charge in [0.1, 0.15) is 5.60 Å². The van der Waals surface area contributed by atoms with E-state index in [0.29, 0.717) is 6.42 Å². The number of hydrogen-bond acceptors (Lipinski definition) is 5. The van der Waals surface area contributed by atoms with Crippen LogP contribution in [0.4, 0.5) is 9.59 Å². The van der Waals surface area contributed by atoms with E-state index in [0.717, 1.165) is 19.3 Å². The minimum atomic E-state index is -1.69. The molecule has 0 unspecified atom stereocenters. The molecular formula is C16H30O6. The number of carbonyl (C=O) groups is 2. The number of carboxylic acid groups (broad SMARTS) is 1. The average Bonchev–Trinajstić information content (AvgIpc) is 2.32. The zero-order chi connectivity index (χ0) is 17.6. The number of rotatable bonds is 5. The van der Waals surface area contributed by atoms with Crippen LogP contribution in [0.2, 0.25) is 0 Å². The molecule has 0 saturated carbocycles. The first-order valence-electron chi connectivity index (χ1n) is 7.68. The van der Waals surface area contributed by atoms with Crippen molar-refractivity contribution in [2.75, 3.05) is 0 Å². The molecule has 6 nitrogen and oxygen atoms in total. The van der Waals surface area contributed by atoms with Gasteiger partial charge >= 0.3 is 12.3 Å². The normalized spacial score (nSPS) is 12.7. The lowest BCUT2D eigenvalue weighted by Crippen LogP contribution is -2.56. The summed E-state index contributed by atoms with van der Waals surface area (Å²) in [6, 6.07) is 0. The van der Waals surface area contributed by atoms with Gasteiger partial charge in [0.2, 0.25) is 0 Å². The van der Waals surface area contributed by atoms with E-state index in [1.54, 1.807) is 0 Å². The second kappa shape index (κ2) is 7.70. The Balaban J connectivity index is 5.36. The maximum absolute atomic E-state index is 11.9. The quantitative estimate of drug-likeness (QED) is 0.326. The third-order valence-corrected chi connectivity index (χ3v) is 3.99. The molecule has 0 rings (SSSR count). The second-order valence-corrected chi connectivity index (χ2v) is 7.57. The van der Waals surface area contributed by atoms with E-state index in [2.05, 4.69) is 16.7 Å². The van der Waals surface area contributed by atoms with Crippen LogP contribution in [0.5, 0.6) is 0 Å². The first-order valence-corrected chi connectivity index (χ1v) is 7.68. The van der Waals surface area contributed by atoms with Gasteiger partial charge in [-0.05, 0) is 12.8 Å². The summed E-state index contributed by atoms with van der Waals surface area (Å²) in [6.07, 6.45) is 0.812. The first-order chi connectivity index (χ1) is 9.87. The van der Waals surface area contributed by atoms with Gasteiger partial charge in [0.25, 0.3) is 0 Å². The lowest BCUT2D eigenvalue weighted by Gasteiger charge is -2.52.